The normalized spacial score (nSPS) is 10.9. The summed E-state index contributed by atoms with van der Waals surface area (Å²) in [6, 6.07) is 11.5. The molecule has 2 aromatic carbocycles. The molecule has 0 aromatic heterocycles. The van der Waals surface area contributed by atoms with E-state index in [2.05, 4.69) is 4.84 Å². The van der Waals surface area contributed by atoms with Crippen LogP contribution in [0.3, 0.4) is 0 Å². The lowest BCUT2D eigenvalue weighted by Crippen LogP contribution is -2.36. The molecule has 0 unspecified atom stereocenters. The van der Waals surface area contributed by atoms with Crippen LogP contribution in [0.5, 0.6) is 11.5 Å². The summed E-state index contributed by atoms with van der Waals surface area (Å²) in [7, 11) is -4.10. The van der Waals surface area contributed by atoms with E-state index >= 15 is 0 Å². The van der Waals surface area contributed by atoms with Gasteiger partial charge in [-0.15, -0.1) is 10.1 Å². The van der Waals surface area contributed by atoms with Crippen molar-refractivity contribution in [1.29, 1.82) is 0 Å². The molecule has 1 amide bonds. The van der Waals surface area contributed by atoms with E-state index in [-0.39, 0.29) is 36.6 Å². The number of ether oxygens (including phenoxy) is 1. The first kappa shape index (κ1) is 24.5. The Kier molecular flexibility index (Phi) is 8.46. The average molecular weight is 467 g/mol. The number of carbonyl (C=O) groups is 1. The molecule has 0 spiro atoms. The lowest BCUT2D eigenvalue weighted by Gasteiger charge is -2.23. The predicted molar refractivity (Wildman–Crippen MR) is 113 cm³/mol. The number of hydrogen-bond acceptors (Lipinski definition) is 9. The molecule has 0 aliphatic rings. The first-order chi connectivity index (χ1) is 15.1. The summed E-state index contributed by atoms with van der Waals surface area (Å²) in [6.45, 7) is -0.131. The van der Waals surface area contributed by atoms with Gasteiger partial charge in [0, 0.05) is 12.5 Å². The van der Waals surface area contributed by atoms with Gasteiger partial charge in [-0.2, -0.15) is 0 Å². The van der Waals surface area contributed by atoms with E-state index < -0.39 is 25.9 Å². The van der Waals surface area contributed by atoms with Gasteiger partial charge in [0.15, 0.2) is 5.75 Å². The van der Waals surface area contributed by atoms with Crippen molar-refractivity contribution in [3.63, 3.8) is 0 Å². The second-order valence-electron chi connectivity index (χ2n) is 6.61. The zero-order chi connectivity index (χ0) is 23.7. The number of carbonyl (C=O) groups excluding carboxylic acids is 1. The number of nitro groups is 1. The molecule has 0 N–H and O–H groups in total. The highest BCUT2D eigenvalue weighted by Crippen LogP contribution is 2.37. The highest BCUT2D eigenvalue weighted by molar-refractivity contribution is 7.92. The van der Waals surface area contributed by atoms with Crippen LogP contribution in [-0.4, -0.2) is 37.2 Å². The molecule has 0 saturated carbocycles. The van der Waals surface area contributed by atoms with Gasteiger partial charge in [-0.3, -0.25) is 14.9 Å². The number of nitrogens with zero attached hydrogens (tertiary/aromatic N) is 3. The summed E-state index contributed by atoms with van der Waals surface area (Å²) < 4.78 is 31.1. The van der Waals surface area contributed by atoms with E-state index in [4.69, 9.17) is 4.74 Å². The third kappa shape index (κ3) is 7.19. The predicted octanol–water partition coefficient (Wildman–Crippen LogP) is 3.45. The average Bonchev–Trinajstić information content (AvgIpc) is 2.71. The van der Waals surface area contributed by atoms with Crippen LogP contribution in [0.1, 0.15) is 25.7 Å². The quantitative estimate of drug-likeness (QED) is 0.259. The van der Waals surface area contributed by atoms with E-state index in [0.29, 0.717) is 22.9 Å². The molecule has 0 bridgehead atoms. The lowest BCUT2D eigenvalue weighted by molar-refractivity contribution is -0.757. The SMILES string of the molecule is CS(=O)(=O)N(C(=O)CCCCCO[N+](=O)[O-])c1ccc([N+](=O)[O-])cc1Oc1ccccc1. The van der Waals surface area contributed by atoms with E-state index in [9.17, 15) is 33.4 Å². The summed E-state index contributed by atoms with van der Waals surface area (Å²) in [4.78, 5) is 37.6. The first-order valence-electron chi connectivity index (χ1n) is 9.41. The van der Waals surface area contributed by atoms with Crippen molar-refractivity contribution in [2.45, 2.75) is 25.7 Å². The van der Waals surface area contributed by atoms with Crippen LogP contribution < -0.4 is 9.04 Å². The zero-order valence-electron chi connectivity index (χ0n) is 17.1. The Morgan fingerprint density at radius 3 is 2.31 bits per heavy atom. The molecule has 2 rings (SSSR count). The fraction of sp³-hybridized carbons (Fsp3) is 0.316. The largest absolute Gasteiger partial charge is 0.455 e. The van der Waals surface area contributed by atoms with Gasteiger partial charge < -0.3 is 9.57 Å². The second kappa shape index (κ2) is 11.0. The molecule has 0 saturated heterocycles. The molecule has 172 valence electrons. The molecule has 0 aliphatic heterocycles. The molecule has 2 aromatic rings. The van der Waals surface area contributed by atoms with Gasteiger partial charge in [-0.05, 0) is 31.0 Å². The van der Waals surface area contributed by atoms with Gasteiger partial charge in [-0.25, -0.2) is 12.7 Å². The number of amides is 1. The van der Waals surface area contributed by atoms with Crippen LogP contribution in [0.4, 0.5) is 11.4 Å². The Balaban J connectivity index is 2.28. The van der Waals surface area contributed by atoms with Crippen LogP contribution in [0.2, 0.25) is 0 Å². The molecule has 12 nitrogen and oxygen atoms in total. The Morgan fingerprint density at radius 2 is 1.72 bits per heavy atom. The van der Waals surface area contributed by atoms with Gasteiger partial charge in [0.25, 0.3) is 10.8 Å². The Bertz CT molecular complexity index is 1070. The number of sulfonamides is 1. The van der Waals surface area contributed by atoms with E-state index in [1.807, 2.05) is 0 Å². The Labute approximate surface area is 183 Å². The number of benzene rings is 2. The minimum Gasteiger partial charge on any atom is -0.455 e. The third-order valence-corrected chi connectivity index (χ3v) is 5.20. The zero-order valence-corrected chi connectivity index (χ0v) is 17.9. The number of nitro benzene ring substituents is 1. The maximum atomic E-state index is 12.8. The van der Waals surface area contributed by atoms with Gasteiger partial charge in [-0.1, -0.05) is 24.6 Å². The van der Waals surface area contributed by atoms with Crippen molar-refractivity contribution in [2.24, 2.45) is 0 Å². The van der Waals surface area contributed by atoms with Crippen molar-refractivity contribution in [2.75, 3.05) is 17.2 Å². The van der Waals surface area contributed by atoms with Crippen molar-refractivity contribution in [1.82, 2.24) is 0 Å². The van der Waals surface area contributed by atoms with Gasteiger partial charge >= 0.3 is 0 Å². The number of para-hydroxylation sites is 1. The summed E-state index contributed by atoms with van der Waals surface area (Å²) in [5, 5.41) is 20.4. The fourth-order valence-electron chi connectivity index (χ4n) is 2.78. The maximum Gasteiger partial charge on any atom is 0.294 e. The number of hydrogen-bond donors (Lipinski definition) is 0. The monoisotopic (exact) mass is 467 g/mol. The molecule has 13 heteroatoms. The summed E-state index contributed by atoms with van der Waals surface area (Å²) in [6.07, 6.45) is 1.63. The molecule has 0 heterocycles. The highest BCUT2D eigenvalue weighted by Gasteiger charge is 2.29. The summed E-state index contributed by atoms with van der Waals surface area (Å²) in [5.74, 6) is -0.654. The standard InChI is InChI=1S/C19H21N3O9S/c1-32(28,29)20(19(23)10-6-3-7-13-30-22(26)27)17-12-11-15(21(24)25)14-18(17)31-16-8-4-2-5-9-16/h2,4-5,8-9,11-12,14H,3,6-7,10,13H2,1H3. The third-order valence-electron chi connectivity index (χ3n) is 4.13. The second-order valence-corrected chi connectivity index (χ2v) is 8.44. The number of non-ortho nitro benzene ring substituents is 1. The van der Waals surface area contributed by atoms with Crippen molar-refractivity contribution in [3.8, 4) is 11.5 Å². The minimum atomic E-state index is -4.10. The molecular weight excluding hydrogens is 446 g/mol. The van der Waals surface area contributed by atoms with Crippen LogP contribution >= 0.6 is 0 Å². The smallest absolute Gasteiger partial charge is 0.294 e. The van der Waals surface area contributed by atoms with E-state index in [0.717, 1.165) is 24.5 Å². The highest BCUT2D eigenvalue weighted by atomic mass is 32.2. The van der Waals surface area contributed by atoms with Crippen LogP contribution in [0, 0.1) is 20.2 Å². The molecule has 0 atom stereocenters. The van der Waals surface area contributed by atoms with Crippen molar-refractivity contribution in [3.05, 3.63) is 68.8 Å². The van der Waals surface area contributed by atoms with E-state index in [1.54, 1.807) is 30.3 Å². The minimum absolute atomic E-state index is 0.131. The first-order valence-corrected chi connectivity index (χ1v) is 11.3. The number of anilines is 1. The van der Waals surface area contributed by atoms with Crippen molar-refractivity contribution >= 4 is 27.3 Å². The lowest BCUT2D eigenvalue weighted by atomic mass is 10.2. The molecule has 0 aliphatic carbocycles. The summed E-state index contributed by atoms with van der Waals surface area (Å²) >= 11 is 0. The van der Waals surface area contributed by atoms with E-state index in [1.165, 1.54) is 0 Å². The molecule has 0 fully saturated rings. The van der Waals surface area contributed by atoms with Gasteiger partial charge in [0.05, 0.1) is 23.9 Å². The fourth-order valence-corrected chi connectivity index (χ4v) is 3.74. The maximum absolute atomic E-state index is 12.8. The Hall–Kier alpha value is -3.74. The van der Waals surface area contributed by atoms with Gasteiger partial charge in [0.1, 0.15) is 11.4 Å². The number of unbranched alkanes of at least 4 members (excludes halogenated alkanes) is 2. The van der Waals surface area contributed by atoms with Crippen LogP contribution in [0.25, 0.3) is 0 Å². The molecule has 0 radical (unpaired) electrons. The number of rotatable bonds is 12. The Morgan fingerprint density at radius 1 is 1.03 bits per heavy atom. The van der Waals surface area contributed by atoms with Crippen LogP contribution in [-0.2, 0) is 19.7 Å². The molecule has 32 heavy (non-hydrogen) atoms. The van der Waals surface area contributed by atoms with Gasteiger partial charge in [0.2, 0.25) is 15.9 Å². The molecular formula is C19H21N3O9S. The topological polar surface area (TPSA) is 159 Å². The summed E-state index contributed by atoms with van der Waals surface area (Å²) in [5.41, 5.74) is -0.505. The van der Waals surface area contributed by atoms with Crippen molar-refractivity contribution < 1.29 is 32.8 Å². The van der Waals surface area contributed by atoms with Crippen LogP contribution in [0.15, 0.2) is 48.5 Å².